The molecule has 1 aromatic heterocycles. The molecule has 0 saturated carbocycles. The first-order chi connectivity index (χ1) is 8.10. The van der Waals surface area contributed by atoms with Gasteiger partial charge in [0.25, 0.3) is 0 Å². The summed E-state index contributed by atoms with van der Waals surface area (Å²) >= 11 is 0. The summed E-state index contributed by atoms with van der Waals surface area (Å²) in [4.78, 5) is 6.50. The van der Waals surface area contributed by atoms with E-state index in [1.54, 1.807) is 6.20 Å². The standard InChI is InChI=1S/C13H20N4/c1-4-17(9-10(2)8-14)13-12(11(3)15)6-5-7-16-13/h5-7,10-11H,4,9,15H2,1-3H3/t10?,11-/m0/s1. The number of hydrogen-bond donors (Lipinski definition) is 1. The lowest BCUT2D eigenvalue weighted by molar-refractivity contribution is 0.670. The molecule has 2 atom stereocenters. The highest BCUT2D eigenvalue weighted by Crippen LogP contribution is 2.22. The summed E-state index contributed by atoms with van der Waals surface area (Å²) in [5, 5.41) is 8.88. The highest BCUT2D eigenvalue weighted by molar-refractivity contribution is 5.48. The molecule has 1 unspecified atom stereocenters. The fraction of sp³-hybridized carbons (Fsp3) is 0.538. The van der Waals surface area contributed by atoms with Crippen LogP contribution in [0.1, 0.15) is 32.4 Å². The van der Waals surface area contributed by atoms with Gasteiger partial charge in [-0.15, -0.1) is 0 Å². The molecule has 1 aromatic rings. The molecule has 0 aromatic carbocycles. The molecule has 0 radical (unpaired) electrons. The number of hydrogen-bond acceptors (Lipinski definition) is 4. The normalized spacial score (nSPS) is 13.8. The molecular formula is C13H20N4. The minimum absolute atomic E-state index is 0.0158. The topological polar surface area (TPSA) is 65.9 Å². The van der Waals surface area contributed by atoms with Crippen LogP contribution in [0.25, 0.3) is 0 Å². The molecule has 0 aliphatic rings. The van der Waals surface area contributed by atoms with Gasteiger partial charge in [0, 0.05) is 30.9 Å². The predicted octanol–water partition coefficient (Wildman–Crippen LogP) is 2.09. The second kappa shape index (κ2) is 6.21. The van der Waals surface area contributed by atoms with Crippen LogP contribution >= 0.6 is 0 Å². The summed E-state index contributed by atoms with van der Waals surface area (Å²) in [6, 6.07) is 6.08. The molecular weight excluding hydrogens is 212 g/mol. The van der Waals surface area contributed by atoms with E-state index in [4.69, 9.17) is 11.0 Å². The number of nitrogens with zero attached hydrogens (tertiary/aromatic N) is 3. The zero-order chi connectivity index (χ0) is 12.8. The van der Waals surface area contributed by atoms with Crippen molar-refractivity contribution in [1.82, 2.24) is 4.98 Å². The van der Waals surface area contributed by atoms with Crippen molar-refractivity contribution in [2.24, 2.45) is 11.7 Å². The van der Waals surface area contributed by atoms with Crippen LogP contribution in [-0.4, -0.2) is 18.1 Å². The molecule has 4 heteroatoms. The molecule has 0 fully saturated rings. The number of anilines is 1. The first kappa shape index (κ1) is 13.5. The van der Waals surface area contributed by atoms with Crippen LogP contribution in [-0.2, 0) is 0 Å². The smallest absolute Gasteiger partial charge is 0.133 e. The Morgan fingerprint density at radius 1 is 1.53 bits per heavy atom. The van der Waals surface area contributed by atoms with Crippen LogP contribution in [0.4, 0.5) is 5.82 Å². The molecule has 0 spiro atoms. The van der Waals surface area contributed by atoms with E-state index in [1.165, 1.54) is 0 Å². The first-order valence-electron chi connectivity index (χ1n) is 5.95. The summed E-state index contributed by atoms with van der Waals surface area (Å²) in [6.45, 7) is 7.43. The summed E-state index contributed by atoms with van der Waals surface area (Å²) in [7, 11) is 0. The SMILES string of the molecule is CCN(CC(C)C#N)c1ncccc1[C@H](C)N. The Kier molecular flexibility index (Phi) is 4.92. The third kappa shape index (κ3) is 3.43. The quantitative estimate of drug-likeness (QED) is 0.844. The number of pyridine rings is 1. The molecule has 1 heterocycles. The van der Waals surface area contributed by atoms with E-state index in [2.05, 4.69) is 22.9 Å². The molecule has 2 N–H and O–H groups in total. The fourth-order valence-corrected chi connectivity index (χ4v) is 1.77. The van der Waals surface area contributed by atoms with Gasteiger partial charge in [-0.1, -0.05) is 6.07 Å². The lowest BCUT2D eigenvalue weighted by atomic mass is 10.1. The largest absolute Gasteiger partial charge is 0.355 e. The molecule has 0 amide bonds. The summed E-state index contributed by atoms with van der Waals surface area (Å²) in [6.07, 6.45) is 1.76. The monoisotopic (exact) mass is 232 g/mol. The Bertz CT molecular complexity index is 395. The molecule has 1 rings (SSSR count). The van der Waals surface area contributed by atoms with E-state index in [0.717, 1.165) is 17.9 Å². The Morgan fingerprint density at radius 3 is 2.76 bits per heavy atom. The average Bonchev–Trinajstić information content (AvgIpc) is 2.35. The van der Waals surface area contributed by atoms with Gasteiger partial charge in [-0.05, 0) is 26.8 Å². The van der Waals surface area contributed by atoms with Crippen molar-refractivity contribution >= 4 is 5.82 Å². The summed E-state index contributed by atoms with van der Waals surface area (Å²) in [5.74, 6) is 0.880. The number of rotatable bonds is 5. The van der Waals surface area contributed by atoms with Crippen molar-refractivity contribution in [2.45, 2.75) is 26.8 Å². The van der Waals surface area contributed by atoms with Gasteiger partial charge < -0.3 is 10.6 Å². The second-order valence-corrected chi connectivity index (χ2v) is 4.27. The van der Waals surface area contributed by atoms with Gasteiger partial charge in [0.1, 0.15) is 5.82 Å². The van der Waals surface area contributed by atoms with Crippen LogP contribution in [0.15, 0.2) is 18.3 Å². The maximum Gasteiger partial charge on any atom is 0.133 e. The lowest BCUT2D eigenvalue weighted by Gasteiger charge is -2.26. The van der Waals surface area contributed by atoms with Crippen LogP contribution in [0, 0.1) is 17.2 Å². The Morgan fingerprint density at radius 2 is 2.24 bits per heavy atom. The molecule has 0 saturated heterocycles. The van der Waals surface area contributed by atoms with Gasteiger partial charge in [-0.2, -0.15) is 5.26 Å². The summed E-state index contributed by atoms with van der Waals surface area (Å²) in [5.41, 5.74) is 6.97. The Hall–Kier alpha value is -1.60. The van der Waals surface area contributed by atoms with E-state index >= 15 is 0 Å². The van der Waals surface area contributed by atoms with E-state index in [0.29, 0.717) is 6.54 Å². The third-order valence-electron chi connectivity index (χ3n) is 2.70. The number of nitriles is 1. The fourth-order valence-electron chi connectivity index (χ4n) is 1.77. The molecule has 0 aliphatic carbocycles. The van der Waals surface area contributed by atoms with Crippen LogP contribution in [0.5, 0.6) is 0 Å². The van der Waals surface area contributed by atoms with Gasteiger partial charge in [-0.25, -0.2) is 4.98 Å². The first-order valence-corrected chi connectivity index (χ1v) is 5.95. The molecule has 4 nitrogen and oxygen atoms in total. The van der Waals surface area contributed by atoms with Crippen molar-refractivity contribution in [2.75, 3.05) is 18.0 Å². The average molecular weight is 232 g/mol. The molecule has 17 heavy (non-hydrogen) atoms. The predicted molar refractivity (Wildman–Crippen MR) is 69.5 cm³/mol. The lowest BCUT2D eigenvalue weighted by Crippen LogP contribution is -2.30. The zero-order valence-electron chi connectivity index (χ0n) is 10.7. The maximum absolute atomic E-state index is 8.88. The second-order valence-electron chi connectivity index (χ2n) is 4.27. The van der Waals surface area contributed by atoms with Crippen LogP contribution in [0.3, 0.4) is 0 Å². The number of aromatic nitrogens is 1. The maximum atomic E-state index is 8.88. The molecule has 0 bridgehead atoms. The minimum atomic E-state index is -0.0508. The highest BCUT2D eigenvalue weighted by atomic mass is 15.2. The van der Waals surface area contributed by atoms with Crippen molar-refractivity contribution in [3.63, 3.8) is 0 Å². The Balaban J connectivity index is 2.99. The Labute approximate surface area is 103 Å². The van der Waals surface area contributed by atoms with Crippen molar-refractivity contribution in [1.29, 1.82) is 5.26 Å². The minimum Gasteiger partial charge on any atom is -0.355 e. The van der Waals surface area contributed by atoms with Crippen molar-refractivity contribution in [3.05, 3.63) is 23.9 Å². The molecule has 92 valence electrons. The van der Waals surface area contributed by atoms with Gasteiger partial charge in [0.2, 0.25) is 0 Å². The van der Waals surface area contributed by atoms with Gasteiger partial charge >= 0.3 is 0 Å². The van der Waals surface area contributed by atoms with Crippen molar-refractivity contribution < 1.29 is 0 Å². The highest BCUT2D eigenvalue weighted by Gasteiger charge is 2.15. The van der Waals surface area contributed by atoms with E-state index in [-0.39, 0.29) is 12.0 Å². The zero-order valence-corrected chi connectivity index (χ0v) is 10.7. The van der Waals surface area contributed by atoms with Crippen LogP contribution < -0.4 is 10.6 Å². The van der Waals surface area contributed by atoms with E-state index < -0.39 is 0 Å². The van der Waals surface area contributed by atoms with Crippen molar-refractivity contribution in [3.8, 4) is 6.07 Å². The molecule has 0 aliphatic heterocycles. The third-order valence-corrected chi connectivity index (χ3v) is 2.70. The van der Waals surface area contributed by atoms with Gasteiger partial charge in [0.05, 0.1) is 12.0 Å². The van der Waals surface area contributed by atoms with E-state index in [1.807, 2.05) is 26.0 Å². The van der Waals surface area contributed by atoms with Crippen LogP contribution in [0.2, 0.25) is 0 Å². The van der Waals surface area contributed by atoms with E-state index in [9.17, 15) is 0 Å². The summed E-state index contributed by atoms with van der Waals surface area (Å²) < 4.78 is 0. The van der Waals surface area contributed by atoms with Gasteiger partial charge in [0.15, 0.2) is 0 Å². The van der Waals surface area contributed by atoms with Gasteiger partial charge in [-0.3, -0.25) is 0 Å². The number of nitrogens with two attached hydrogens (primary N) is 1.